The number of piperidine rings is 1. The lowest BCUT2D eigenvalue weighted by atomic mass is 9.73. The fourth-order valence-corrected chi connectivity index (χ4v) is 5.81. The number of hydrogen-bond acceptors (Lipinski definition) is 5. The van der Waals surface area contributed by atoms with Crippen molar-refractivity contribution in [1.29, 1.82) is 0 Å². The van der Waals surface area contributed by atoms with E-state index in [1.165, 1.54) is 0 Å². The third-order valence-electron chi connectivity index (χ3n) is 7.41. The van der Waals surface area contributed by atoms with E-state index in [-0.39, 0.29) is 35.8 Å². The highest BCUT2D eigenvalue weighted by molar-refractivity contribution is 5.68. The molecule has 7 nitrogen and oxygen atoms in total. The first kappa shape index (κ1) is 23.6. The second kappa shape index (κ2) is 7.95. The molecule has 2 aliphatic carbocycles. The number of fused-ring (bicyclic) bond motifs is 1. The highest BCUT2D eigenvalue weighted by Crippen LogP contribution is 2.77. The van der Waals surface area contributed by atoms with E-state index >= 15 is 0 Å². The van der Waals surface area contributed by atoms with Gasteiger partial charge in [-0.2, -0.15) is 26.3 Å². The largest absolute Gasteiger partial charge is 0.449 e. The van der Waals surface area contributed by atoms with Crippen LogP contribution in [0.15, 0.2) is 29.5 Å². The number of rotatable bonds is 5. The lowest BCUT2D eigenvalue weighted by Crippen LogP contribution is -2.43. The van der Waals surface area contributed by atoms with Crippen LogP contribution in [0.5, 0.6) is 0 Å². The Balaban J connectivity index is 1.14. The van der Waals surface area contributed by atoms with E-state index in [0.29, 0.717) is 31.3 Å². The number of pyridine rings is 1. The molecule has 3 heterocycles. The van der Waals surface area contributed by atoms with Crippen molar-refractivity contribution < 1.29 is 35.9 Å². The van der Waals surface area contributed by atoms with E-state index in [9.17, 15) is 35.9 Å². The number of H-pyrrole nitrogens is 1. The summed E-state index contributed by atoms with van der Waals surface area (Å²) in [4.78, 5) is 35.2. The van der Waals surface area contributed by atoms with E-state index in [1.807, 2.05) is 4.98 Å². The smallest absolute Gasteiger partial charge is 0.421 e. The van der Waals surface area contributed by atoms with Gasteiger partial charge in [-0.3, -0.25) is 4.79 Å². The topological polar surface area (TPSA) is 88.2 Å². The van der Waals surface area contributed by atoms with Gasteiger partial charge in [-0.15, -0.1) is 0 Å². The van der Waals surface area contributed by atoms with Crippen LogP contribution in [-0.4, -0.2) is 45.6 Å². The first-order chi connectivity index (χ1) is 16.4. The van der Waals surface area contributed by atoms with Crippen LogP contribution in [0.25, 0.3) is 0 Å². The van der Waals surface area contributed by atoms with Crippen LogP contribution >= 0.6 is 0 Å². The molecule has 3 unspecified atom stereocenters. The summed E-state index contributed by atoms with van der Waals surface area (Å²) in [6, 6.07) is 0.740. The Morgan fingerprint density at radius 1 is 1.14 bits per heavy atom. The molecule has 0 bridgehead atoms. The van der Waals surface area contributed by atoms with Crippen LogP contribution in [-0.2, 0) is 29.9 Å². The predicted octanol–water partition coefficient (Wildman–Crippen LogP) is 3.69. The molecule has 2 saturated carbocycles. The number of nitrogens with zero attached hydrogens (tertiary/aromatic N) is 3. The van der Waals surface area contributed by atoms with Gasteiger partial charge in [0.2, 0.25) is 0 Å². The molecule has 2 aromatic heterocycles. The van der Waals surface area contributed by atoms with E-state index in [0.717, 1.165) is 31.1 Å². The highest BCUT2D eigenvalue weighted by atomic mass is 19.4. The van der Waals surface area contributed by atoms with E-state index < -0.39 is 35.1 Å². The third kappa shape index (κ3) is 4.25. The molecule has 5 rings (SSSR count). The SMILES string of the molecule is O=C(OCCc1c[nH]c(=O)c(C(F)(F)F)c1)N1CC2C[C@@]3(Cc4ncc(C(F)(F)F)cn4)C(C1)C23. The van der Waals surface area contributed by atoms with Crippen LogP contribution in [0.2, 0.25) is 0 Å². The minimum Gasteiger partial charge on any atom is -0.449 e. The molecule has 13 heteroatoms. The van der Waals surface area contributed by atoms with Gasteiger partial charge in [-0.05, 0) is 41.2 Å². The average molecular weight is 502 g/mol. The van der Waals surface area contributed by atoms with Crippen molar-refractivity contribution >= 4 is 6.09 Å². The van der Waals surface area contributed by atoms with Gasteiger partial charge in [0.1, 0.15) is 11.4 Å². The number of carbonyl (C=O) groups is 1. The number of halogens is 6. The summed E-state index contributed by atoms with van der Waals surface area (Å²) >= 11 is 0. The van der Waals surface area contributed by atoms with Crippen molar-refractivity contribution in [2.45, 2.75) is 31.6 Å². The molecule has 188 valence electrons. The Morgan fingerprint density at radius 2 is 1.86 bits per heavy atom. The molecule has 35 heavy (non-hydrogen) atoms. The van der Waals surface area contributed by atoms with E-state index in [2.05, 4.69) is 9.97 Å². The minimum atomic E-state index is -4.78. The van der Waals surface area contributed by atoms with Crippen LogP contribution < -0.4 is 5.56 Å². The maximum atomic E-state index is 12.9. The predicted molar refractivity (Wildman–Crippen MR) is 107 cm³/mol. The molecule has 0 radical (unpaired) electrons. The van der Waals surface area contributed by atoms with Crippen molar-refractivity contribution in [3.63, 3.8) is 0 Å². The summed E-state index contributed by atoms with van der Waals surface area (Å²) in [5, 5.41) is 0. The van der Waals surface area contributed by atoms with Crippen molar-refractivity contribution in [2.75, 3.05) is 19.7 Å². The number of aromatic nitrogens is 3. The molecule has 0 spiro atoms. The van der Waals surface area contributed by atoms with Crippen LogP contribution in [0, 0.1) is 23.2 Å². The number of amides is 1. The Labute approximate surface area is 194 Å². The standard InChI is InChI=1S/C22H20F6N4O3/c23-21(24,25)13-7-29-16(30-8-13)5-20-4-12-9-32(10-15(20)17(12)20)19(34)35-2-1-11-3-14(22(26,27)28)18(33)31-6-11/h3,6-8,12,15,17H,1-2,4-5,9-10H2,(H,31,33)/t12?,15?,17?,20-/m1/s1. The zero-order valence-corrected chi connectivity index (χ0v) is 18.1. The number of alkyl halides is 6. The Bertz CT molecular complexity index is 1200. The maximum Gasteiger partial charge on any atom is 0.421 e. The lowest BCUT2D eigenvalue weighted by molar-refractivity contribution is -0.139. The number of aromatic amines is 1. The maximum absolute atomic E-state index is 12.9. The Kier molecular flexibility index (Phi) is 5.37. The molecule has 3 aliphatic rings. The van der Waals surface area contributed by atoms with Crippen molar-refractivity contribution in [1.82, 2.24) is 19.9 Å². The number of ether oxygens (including phenoxy) is 1. The number of hydrogen-bond donors (Lipinski definition) is 1. The van der Waals surface area contributed by atoms with Crippen LogP contribution in [0.4, 0.5) is 31.1 Å². The molecule has 1 aliphatic heterocycles. The monoisotopic (exact) mass is 502 g/mol. The van der Waals surface area contributed by atoms with E-state index in [1.54, 1.807) is 4.90 Å². The zero-order chi connectivity index (χ0) is 25.2. The van der Waals surface area contributed by atoms with Crippen molar-refractivity contribution in [3.05, 3.63) is 57.5 Å². The van der Waals surface area contributed by atoms with E-state index in [4.69, 9.17) is 4.74 Å². The summed E-state index contributed by atoms with van der Waals surface area (Å²) in [5.74, 6) is 1.18. The number of carbonyl (C=O) groups excluding carboxylic acids is 1. The summed E-state index contributed by atoms with van der Waals surface area (Å²) < 4.78 is 82.0. The third-order valence-corrected chi connectivity index (χ3v) is 7.41. The van der Waals surface area contributed by atoms with Gasteiger partial charge in [0, 0.05) is 44.5 Å². The first-order valence-corrected chi connectivity index (χ1v) is 11.0. The van der Waals surface area contributed by atoms with Crippen LogP contribution in [0.1, 0.15) is 28.9 Å². The quantitative estimate of drug-likeness (QED) is 0.631. The molecule has 1 N–H and O–H groups in total. The van der Waals surface area contributed by atoms with Crippen molar-refractivity contribution in [3.8, 4) is 0 Å². The number of nitrogens with one attached hydrogen (secondary N) is 1. The minimum absolute atomic E-state index is 0.00409. The fourth-order valence-electron chi connectivity index (χ4n) is 5.81. The molecular weight excluding hydrogens is 482 g/mol. The van der Waals surface area contributed by atoms with Gasteiger partial charge in [0.25, 0.3) is 5.56 Å². The lowest BCUT2D eigenvalue weighted by Gasteiger charge is -2.36. The summed E-state index contributed by atoms with van der Waals surface area (Å²) in [6.07, 6.45) is -5.84. The molecule has 3 fully saturated rings. The number of likely N-dealkylation sites (tertiary alicyclic amines) is 1. The Morgan fingerprint density at radius 3 is 2.51 bits per heavy atom. The molecular formula is C22H20F6N4O3. The van der Waals surface area contributed by atoms with Gasteiger partial charge in [0.15, 0.2) is 0 Å². The van der Waals surface area contributed by atoms with Gasteiger partial charge >= 0.3 is 18.4 Å². The Hall–Kier alpha value is -3.12. The summed E-state index contributed by atoms with van der Waals surface area (Å²) in [7, 11) is 0. The molecule has 1 saturated heterocycles. The first-order valence-electron chi connectivity index (χ1n) is 11.0. The van der Waals surface area contributed by atoms with Crippen molar-refractivity contribution in [2.24, 2.45) is 23.2 Å². The van der Waals surface area contributed by atoms with Gasteiger partial charge in [-0.25, -0.2) is 14.8 Å². The molecule has 0 aromatic carbocycles. The fraction of sp³-hybridized carbons (Fsp3) is 0.545. The summed E-state index contributed by atoms with van der Waals surface area (Å²) in [5.41, 5.74) is -3.37. The van der Waals surface area contributed by atoms with Gasteiger partial charge in [0.05, 0.1) is 12.2 Å². The van der Waals surface area contributed by atoms with Gasteiger partial charge in [-0.1, -0.05) is 0 Å². The normalized spacial score (nSPS) is 27.1. The second-order valence-corrected chi connectivity index (χ2v) is 9.41. The zero-order valence-electron chi connectivity index (χ0n) is 18.1. The average Bonchev–Trinajstić information content (AvgIpc) is 3.34. The highest BCUT2D eigenvalue weighted by Gasteiger charge is 2.76. The molecule has 1 amide bonds. The van der Waals surface area contributed by atoms with Gasteiger partial charge < -0.3 is 14.6 Å². The van der Waals surface area contributed by atoms with Crippen LogP contribution in [0.3, 0.4) is 0 Å². The molecule has 4 atom stereocenters. The second-order valence-electron chi connectivity index (χ2n) is 9.41. The molecule has 2 aromatic rings. The summed E-state index contributed by atoms with van der Waals surface area (Å²) in [6.45, 7) is 0.784.